The number of hydrogen-bond donors (Lipinski definition) is 3. The second-order valence-electron chi connectivity index (χ2n) is 5.78. The van der Waals surface area contributed by atoms with Crippen LogP contribution in [-0.4, -0.2) is 28.0 Å². The maximum absolute atomic E-state index is 11.2. The van der Waals surface area contributed by atoms with Crippen LogP contribution in [0.3, 0.4) is 0 Å². The molecular formula is C18H24N4O2S. The molecule has 134 valence electrons. The number of hydrogen-bond acceptors (Lipinski definition) is 3. The molecule has 2 aromatic carbocycles. The van der Waals surface area contributed by atoms with Gasteiger partial charge in [-0.05, 0) is 36.6 Å². The minimum absolute atomic E-state index is 0.125. The molecule has 2 rings (SSSR count). The van der Waals surface area contributed by atoms with E-state index >= 15 is 0 Å². The third-order valence-corrected chi connectivity index (χ3v) is 4.65. The van der Waals surface area contributed by atoms with Crippen LogP contribution in [0.4, 0.5) is 0 Å². The minimum Gasteiger partial charge on any atom is -0.356 e. The molecule has 0 aromatic heterocycles. The van der Waals surface area contributed by atoms with Gasteiger partial charge in [0.05, 0.1) is 4.90 Å². The number of aryl methyl sites for hydroxylation is 1. The molecule has 0 bridgehead atoms. The van der Waals surface area contributed by atoms with Crippen LogP contribution in [0.5, 0.6) is 0 Å². The first kappa shape index (κ1) is 19.0. The summed E-state index contributed by atoms with van der Waals surface area (Å²) in [6.07, 6.45) is 0.746. The molecule has 0 amide bonds. The third-order valence-electron chi connectivity index (χ3n) is 3.72. The lowest BCUT2D eigenvalue weighted by Crippen LogP contribution is -2.37. The van der Waals surface area contributed by atoms with Gasteiger partial charge >= 0.3 is 0 Å². The lowest BCUT2D eigenvalue weighted by molar-refractivity contribution is 0.598. The first-order chi connectivity index (χ1) is 11.9. The maximum atomic E-state index is 11.2. The fraction of sp³-hybridized carbons (Fsp3) is 0.278. The van der Waals surface area contributed by atoms with E-state index in [1.54, 1.807) is 19.2 Å². The highest BCUT2D eigenvalue weighted by atomic mass is 32.2. The van der Waals surface area contributed by atoms with Crippen LogP contribution < -0.4 is 15.8 Å². The number of aliphatic imine (C=N–C) groups is 1. The van der Waals surface area contributed by atoms with Gasteiger partial charge in [0.15, 0.2) is 5.96 Å². The smallest absolute Gasteiger partial charge is 0.238 e. The van der Waals surface area contributed by atoms with Crippen molar-refractivity contribution in [3.63, 3.8) is 0 Å². The normalized spacial score (nSPS) is 12.0. The lowest BCUT2D eigenvalue weighted by atomic mass is 10.1. The fourth-order valence-electron chi connectivity index (χ4n) is 2.40. The van der Waals surface area contributed by atoms with Gasteiger partial charge in [-0.15, -0.1) is 0 Å². The van der Waals surface area contributed by atoms with Crippen LogP contribution in [0.25, 0.3) is 0 Å². The maximum Gasteiger partial charge on any atom is 0.238 e. The number of nitrogens with two attached hydrogens (primary N) is 1. The number of guanidine groups is 1. The van der Waals surface area contributed by atoms with E-state index in [9.17, 15) is 8.42 Å². The highest BCUT2D eigenvalue weighted by molar-refractivity contribution is 7.89. The van der Waals surface area contributed by atoms with Crippen LogP contribution in [0, 0.1) is 6.92 Å². The summed E-state index contributed by atoms with van der Waals surface area (Å²) in [4.78, 5) is 4.33. The quantitative estimate of drug-likeness (QED) is 0.538. The SMILES string of the molecule is CN=C(NCCc1ccc(S(N)(=O)=O)cc1)NCc1cccc(C)c1. The van der Waals surface area contributed by atoms with Crippen LogP contribution in [0.2, 0.25) is 0 Å². The summed E-state index contributed by atoms with van der Waals surface area (Å²) in [5, 5.41) is 11.6. The van der Waals surface area contributed by atoms with Gasteiger partial charge in [-0.1, -0.05) is 42.0 Å². The third kappa shape index (κ3) is 6.21. The highest BCUT2D eigenvalue weighted by Crippen LogP contribution is 2.09. The predicted molar refractivity (Wildman–Crippen MR) is 101 cm³/mol. The van der Waals surface area contributed by atoms with Gasteiger partial charge in [-0.2, -0.15) is 0 Å². The van der Waals surface area contributed by atoms with E-state index in [1.165, 1.54) is 23.3 Å². The van der Waals surface area contributed by atoms with Crippen molar-refractivity contribution in [3.8, 4) is 0 Å². The number of nitrogens with one attached hydrogen (secondary N) is 2. The Bertz CT molecular complexity index is 830. The number of rotatable bonds is 6. The van der Waals surface area contributed by atoms with E-state index in [0.29, 0.717) is 13.1 Å². The van der Waals surface area contributed by atoms with Crippen molar-refractivity contribution in [2.75, 3.05) is 13.6 Å². The van der Waals surface area contributed by atoms with Gasteiger partial charge in [-0.25, -0.2) is 13.6 Å². The van der Waals surface area contributed by atoms with E-state index in [-0.39, 0.29) is 4.90 Å². The van der Waals surface area contributed by atoms with Crippen LogP contribution in [0.1, 0.15) is 16.7 Å². The number of benzene rings is 2. The summed E-state index contributed by atoms with van der Waals surface area (Å²) in [6.45, 7) is 3.45. The molecule has 7 heteroatoms. The molecule has 0 atom stereocenters. The molecule has 2 aromatic rings. The van der Waals surface area contributed by atoms with Crippen molar-refractivity contribution in [2.24, 2.45) is 10.1 Å². The topological polar surface area (TPSA) is 96.6 Å². The first-order valence-corrected chi connectivity index (χ1v) is 9.55. The van der Waals surface area contributed by atoms with Gasteiger partial charge in [0.1, 0.15) is 0 Å². The Kier molecular flexibility index (Phi) is 6.55. The summed E-state index contributed by atoms with van der Waals surface area (Å²) in [6, 6.07) is 14.9. The second kappa shape index (κ2) is 8.64. The molecule has 0 saturated heterocycles. The number of nitrogens with zero attached hydrogens (tertiary/aromatic N) is 1. The molecule has 0 radical (unpaired) electrons. The Morgan fingerprint density at radius 2 is 1.80 bits per heavy atom. The summed E-state index contributed by atoms with van der Waals surface area (Å²) in [7, 11) is -1.91. The Morgan fingerprint density at radius 1 is 1.08 bits per heavy atom. The van der Waals surface area contributed by atoms with Gasteiger partial charge in [0.25, 0.3) is 0 Å². The monoisotopic (exact) mass is 360 g/mol. The number of sulfonamides is 1. The largest absolute Gasteiger partial charge is 0.356 e. The van der Waals surface area contributed by atoms with Gasteiger partial charge in [0.2, 0.25) is 10.0 Å². The zero-order valence-corrected chi connectivity index (χ0v) is 15.3. The summed E-state index contributed by atoms with van der Waals surface area (Å²) >= 11 is 0. The zero-order chi connectivity index (χ0) is 18.3. The van der Waals surface area contributed by atoms with Crippen LogP contribution >= 0.6 is 0 Å². The zero-order valence-electron chi connectivity index (χ0n) is 14.5. The van der Waals surface area contributed by atoms with E-state index in [1.807, 2.05) is 6.07 Å². The molecule has 0 saturated carbocycles. The highest BCUT2D eigenvalue weighted by Gasteiger charge is 2.06. The minimum atomic E-state index is -3.64. The summed E-state index contributed by atoms with van der Waals surface area (Å²) in [5.41, 5.74) is 3.45. The summed E-state index contributed by atoms with van der Waals surface area (Å²) < 4.78 is 22.5. The van der Waals surface area contributed by atoms with Crippen molar-refractivity contribution in [3.05, 3.63) is 65.2 Å². The fourth-order valence-corrected chi connectivity index (χ4v) is 2.91. The van der Waals surface area contributed by atoms with Crippen LogP contribution in [-0.2, 0) is 23.0 Å². The number of primary sulfonamides is 1. The van der Waals surface area contributed by atoms with Gasteiger partial charge < -0.3 is 10.6 Å². The molecule has 0 aliphatic carbocycles. The van der Waals surface area contributed by atoms with E-state index in [0.717, 1.165) is 17.9 Å². The average molecular weight is 360 g/mol. The molecule has 0 aliphatic heterocycles. The van der Waals surface area contributed by atoms with Crippen LogP contribution in [0.15, 0.2) is 58.4 Å². The average Bonchev–Trinajstić information content (AvgIpc) is 2.57. The lowest BCUT2D eigenvalue weighted by Gasteiger charge is -2.12. The Hall–Kier alpha value is -2.38. The standard InChI is InChI=1S/C18H24N4O2S/c1-14-4-3-5-16(12-14)13-22-18(20-2)21-11-10-15-6-8-17(9-7-15)25(19,23)24/h3-9,12H,10-11,13H2,1-2H3,(H2,19,23,24)(H2,20,21,22). The molecular weight excluding hydrogens is 336 g/mol. The van der Waals surface area contributed by atoms with Crippen molar-refractivity contribution in [1.29, 1.82) is 0 Å². The van der Waals surface area contributed by atoms with E-state index in [2.05, 4.69) is 40.7 Å². The second-order valence-corrected chi connectivity index (χ2v) is 7.34. The van der Waals surface area contributed by atoms with Crippen molar-refractivity contribution in [2.45, 2.75) is 24.8 Å². The Balaban J connectivity index is 1.81. The molecule has 0 spiro atoms. The first-order valence-electron chi connectivity index (χ1n) is 8.00. The van der Waals surface area contributed by atoms with Crippen molar-refractivity contribution >= 4 is 16.0 Å². The molecule has 0 heterocycles. The molecule has 4 N–H and O–H groups in total. The van der Waals surface area contributed by atoms with Crippen molar-refractivity contribution in [1.82, 2.24) is 10.6 Å². The van der Waals surface area contributed by atoms with Gasteiger partial charge in [0, 0.05) is 20.1 Å². The molecule has 25 heavy (non-hydrogen) atoms. The molecule has 0 aliphatic rings. The van der Waals surface area contributed by atoms with Crippen molar-refractivity contribution < 1.29 is 8.42 Å². The van der Waals surface area contributed by atoms with E-state index in [4.69, 9.17) is 5.14 Å². The van der Waals surface area contributed by atoms with Gasteiger partial charge in [-0.3, -0.25) is 4.99 Å². The molecule has 0 fully saturated rings. The Labute approximate surface area is 149 Å². The predicted octanol–water partition coefficient (Wildman–Crippen LogP) is 1.55. The summed E-state index contributed by atoms with van der Waals surface area (Å²) in [5.74, 6) is 0.725. The molecule has 6 nitrogen and oxygen atoms in total. The Morgan fingerprint density at radius 3 is 2.40 bits per heavy atom. The van der Waals surface area contributed by atoms with E-state index < -0.39 is 10.0 Å². The molecule has 0 unspecified atom stereocenters.